The molecule has 4 nitrogen and oxygen atoms in total. The highest BCUT2D eigenvalue weighted by Crippen LogP contribution is 2.12. The molecule has 1 atom stereocenters. The van der Waals surface area contributed by atoms with Crippen molar-refractivity contribution in [2.75, 3.05) is 13.1 Å². The summed E-state index contributed by atoms with van der Waals surface area (Å²) in [7, 11) is -3.40. The fourth-order valence-corrected chi connectivity index (χ4v) is 3.42. The molecule has 21 heavy (non-hydrogen) atoms. The third-order valence-electron chi connectivity index (χ3n) is 3.42. The van der Waals surface area contributed by atoms with E-state index in [2.05, 4.69) is 23.9 Å². The van der Waals surface area contributed by atoms with Gasteiger partial charge in [0.15, 0.2) is 0 Å². The molecule has 5 heteroatoms. The normalized spacial score (nSPS) is 13.3. The molecule has 0 fully saturated rings. The highest BCUT2D eigenvalue weighted by molar-refractivity contribution is 7.89. The summed E-state index contributed by atoms with van der Waals surface area (Å²) in [4.78, 5) is 0.345. The number of sulfonamides is 1. The van der Waals surface area contributed by atoms with E-state index in [-0.39, 0.29) is 6.04 Å². The Bertz CT molecular complexity index is 498. The minimum absolute atomic E-state index is 0.0246. The van der Waals surface area contributed by atoms with E-state index >= 15 is 0 Å². The van der Waals surface area contributed by atoms with Crippen LogP contribution in [0, 0.1) is 0 Å². The summed E-state index contributed by atoms with van der Waals surface area (Å²) in [5, 5.41) is 3.26. The smallest absolute Gasteiger partial charge is 0.240 e. The van der Waals surface area contributed by atoms with Crippen LogP contribution < -0.4 is 10.0 Å². The molecule has 0 aliphatic heterocycles. The first-order valence-corrected chi connectivity index (χ1v) is 9.30. The zero-order valence-corrected chi connectivity index (χ0v) is 14.2. The largest absolute Gasteiger partial charge is 0.317 e. The maximum atomic E-state index is 12.3. The molecule has 0 heterocycles. The van der Waals surface area contributed by atoms with Crippen LogP contribution in [0.3, 0.4) is 0 Å². The molecule has 120 valence electrons. The first kappa shape index (κ1) is 18.1. The molecule has 0 bridgehead atoms. The van der Waals surface area contributed by atoms with Gasteiger partial charge in [0.05, 0.1) is 4.90 Å². The predicted octanol–water partition coefficient (Wildman–Crippen LogP) is 2.70. The lowest BCUT2D eigenvalue weighted by Gasteiger charge is -2.14. The Morgan fingerprint density at radius 3 is 2.38 bits per heavy atom. The van der Waals surface area contributed by atoms with Gasteiger partial charge in [-0.2, -0.15) is 0 Å². The van der Waals surface area contributed by atoms with Gasteiger partial charge in [0.25, 0.3) is 0 Å². The van der Waals surface area contributed by atoms with E-state index in [9.17, 15) is 8.42 Å². The molecular weight excluding hydrogens is 284 g/mol. The molecule has 0 amide bonds. The van der Waals surface area contributed by atoms with Gasteiger partial charge >= 0.3 is 0 Å². The van der Waals surface area contributed by atoms with Crippen LogP contribution in [-0.4, -0.2) is 27.5 Å². The highest BCUT2D eigenvalue weighted by Gasteiger charge is 2.16. The van der Waals surface area contributed by atoms with Gasteiger partial charge in [-0.3, -0.25) is 0 Å². The molecule has 1 aromatic carbocycles. The van der Waals surface area contributed by atoms with Crippen LogP contribution in [-0.2, 0) is 16.4 Å². The van der Waals surface area contributed by atoms with E-state index in [4.69, 9.17) is 0 Å². The molecule has 1 aromatic rings. The van der Waals surface area contributed by atoms with Crippen LogP contribution in [0.2, 0.25) is 0 Å². The minimum atomic E-state index is -3.40. The zero-order valence-electron chi connectivity index (χ0n) is 13.4. The first-order chi connectivity index (χ1) is 9.99. The van der Waals surface area contributed by atoms with E-state index in [0.717, 1.165) is 44.3 Å². The Morgan fingerprint density at radius 1 is 1.14 bits per heavy atom. The summed E-state index contributed by atoms with van der Waals surface area (Å²) in [6, 6.07) is 7.14. The molecule has 1 rings (SSSR count). The summed E-state index contributed by atoms with van der Waals surface area (Å²) >= 11 is 0. The van der Waals surface area contributed by atoms with Crippen LogP contribution in [0.5, 0.6) is 0 Å². The van der Waals surface area contributed by atoms with Gasteiger partial charge < -0.3 is 5.32 Å². The SMILES string of the molecule is CCCCC(C)NS(=O)(=O)c1ccc(CCNCC)cc1. The van der Waals surface area contributed by atoms with Gasteiger partial charge in [0.1, 0.15) is 0 Å². The van der Waals surface area contributed by atoms with Crippen molar-refractivity contribution in [3.8, 4) is 0 Å². The summed E-state index contributed by atoms with van der Waals surface area (Å²) in [6.45, 7) is 7.95. The highest BCUT2D eigenvalue weighted by atomic mass is 32.2. The molecule has 0 aromatic heterocycles. The molecular formula is C16H28N2O2S. The van der Waals surface area contributed by atoms with E-state index in [1.807, 2.05) is 19.1 Å². The second-order valence-corrected chi connectivity index (χ2v) is 7.13. The van der Waals surface area contributed by atoms with Crippen LogP contribution in [0.4, 0.5) is 0 Å². The average Bonchev–Trinajstić information content (AvgIpc) is 2.45. The molecule has 1 unspecified atom stereocenters. The van der Waals surface area contributed by atoms with Gasteiger partial charge in [-0.15, -0.1) is 0 Å². The van der Waals surface area contributed by atoms with Crippen LogP contribution >= 0.6 is 0 Å². The Hall–Kier alpha value is -0.910. The zero-order chi connectivity index (χ0) is 15.7. The lowest BCUT2D eigenvalue weighted by atomic mass is 10.1. The maximum absolute atomic E-state index is 12.3. The van der Waals surface area contributed by atoms with Crippen molar-refractivity contribution in [1.82, 2.24) is 10.0 Å². The number of hydrogen-bond acceptors (Lipinski definition) is 3. The average molecular weight is 312 g/mol. The monoisotopic (exact) mass is 312 g/mol. The lowest BCUT2D eigenvalue weighted by Crippen LogP contribution is -2.32. The van der Waals surface area contributed by atoms with E-state index in [1.54, 1.807) is 12.1 Å². The van der Waals surface area contributed by atoms with Crippen LogP contribution in [0.25, 0.3) is 0 Å². The Kier molecular flexibility index (Phi) is 7.93. The molecule has 0 saturated carbocycles. The maximum Gasteiger partial charge on any atom is 0.240 e. The van der Waals surface area contributed by atoms with Crippen molar-refractivity contribution in [2.24, 2.45) is 0 Å². The van der Waals surface area contributed by atoms with Crippen molar-refractivity contribution in [3.63, 3.8) is 0 Å². The van der Waals surface area contributed by atoms with Gasteiger partial charge in [0.2, 0.25) is 10.0 Å². The molecule has 2 N–H and O–H groups in total. The second-order valence-electron chi connectivity index (χ2n) is 5.41. The van der Waals surface area contributed by atoms with E-state index < -0.39 is 10.0 Å². The van der Waals surface area contributed by atoms with Crippen molar-refractivity contribution in [3.05, 3.63) is 29.8 Å². The standard InChI is InChI=1S/C16H28N2O2S/c1-4-6-7-14(3)18-21(19,20)16-10-8-15(9-11-16)12-13-17-5-2/h8-11,14,17-18H,4-7,12-13H2,1-3H3. The topological polar surface area (TPSA) is 58.2 Å². The van der Waals surface area contributed by atoms with Gasteiger partial charge in [-0.05, 0) is 50.6 Å². The molecule has 0 radical (unpaired) electrons. The van der Waals surface area contributed by atoms with Crippen molar-refractivity contribution >= 4 is 10.0 Å². The third-order valence-corrected chi connectivity index (χ3v) is 5.03. The number of nitrogens with one attached hydrogen (secondary N) is 2. The quantitative estimate of drug-likeness (QED) is 0.653. The number of unbranched alkanes of at least 4 members (excludes halogenated alkanes) is 1. The van der Waals surface area contributed by atoms with Crippen LogP contribution in [0.15, 0.2) is 29.2 Å². The summed E-state index contributed by atoms with van der Waals surface area (Å²) in [5.74, 6) is 0. The molecule has 0 spiro atoms. The molecule has 0 aliphatic rings. The van der Waals surface area contributed by atoms with Crippen LogP contribution in [0.1, 0.15) is 45.6 Å². The number of rotatable bonds is 10. The number of likely N-dealkylation sites (N-methyl/N-ethyl adjacent to an activating group) is 1. The van der Waals surface area contributed by atoms with E-state index in [0.29, 0.717) is 4.90 Å². The minimum Gasteiger partial charge on any atom is -0.317 e. The predicted molar refractivity (Wildman–Crippen MR) is 88.0 cm³/mol. The van der Waals surface area contributed by atoms with Crippen molar-refractivity contribution in [2.45, 2.75) is 57.4 Å². The first-order valence-electron chi connectivity index (χ1n) is 7.81. The Morgan fingerprint density at radius 2 is 1.81 bits per heavy atom. The Balaban J connectivity index is 2.62. The molecule has 0 aliphatic carbocycles. The molecule has 0 saturated heterocycles. The third kappa shape index (κ3) is 6.59. The number of benzene rings is 1. The lowest BCUT2D eigenvalue weighted by molar-refractivity contribution is 0.534. The van der Waals surface area contributed by atoms with Gasteiger partial charge in [-0.1, -0.05) is 38.8 Å². The van der Waals surface area contributed by atoms with Gasteiger partial charge in [-0.25, -0.2) is 13.1 Å². The van der Waals surface area contributed by atoms with E-state index in [1.165, 1.54) is 0 Å². The fourth-order valence-electron chi connectivity index (χ4n) is 2.15. The second kappa shape index (κ2) is 9.18. The summed E-state index contributed by atoms with van der Waals surface area (Å²) in [5.41, 5.74) is 1.15. The Labute approximate surface area is 129 Å². The number of hydrogen-bond donors (Lipinski definition) is 2. The summed E-state index contributed by atoms with van der Waals surface area (Å²) in [6.07, 6.45) is 3.89. The van der Waals surface area contributed by atoms with Crippen molar-refractivity contribution < 1.29 is 8.42 Å². The van der Waals surface area contributed by atoms with Crippen molar-refractivity contribution in [1.29, 1.82) is 0 Å². The summed E-state index contributed by atoms with van der Waals surface area (Å²) < 4.78 is 27.2. The van der Waals surface area contributed by atoms with Gasteiger partial charge in [0, 0.05) is 6.04 Å². The fraction of sp³-hybridized carbons (Fsp3) is 0.625.